The molecule has 0 fully saturated rings. The van der Waals surface area contributed by atoms with Gasteiger partial charge in [0, 0.05) is 7.05 Å². The molecule has 0 bridgehead atoms. The summed E-state index contributed by atoms with van der Waals surface area (Å²) in [5, 5.41) is 9.33. The van der Waals surface area contributed by atoms with Crippen molar-refractivity contribution in [2.75, 3.05) is 0 Å². The van der Waals surface area contributed by atoms with E-state index in [9.17, 15) is 5.11 Å². The zero-order valence-electron chi connectivity index (χ0n) is 12.2. The first kappa shape index (κ1) is 13.6. The van der Waals surface area contributed by atoms with Gasteiger partial charge >= 0.3 is 0 Å². The first-order valence-electron chi connectivity index (χ1n) is 7.01. The van der Waals surface area contributed by atoms with Gasteiger partial charge in [-0.2, -0.15) is 0 Å². The summed E-state index contributed by atoms with van der Waals surface area (Å²) in [4.78, 5) is 4.68. The average molecular weight is 281 g/mol. The number of rotatable bonds is 3. The normalized spacial score (nSPS) is 12.7. The highest BCUT2D eigenvalue weighted by molar-refractivity contribution is 5.79. The monoisotopic (exact) mass is 281 g/mol. The minimum atomic E-state index is -0.175. The average Bonchev–Trinajstić information content (AvgIpc) is 2.80. The summed E-state index contributed by atoms with van der Waals surface area (Å²) in [6, 6.07) is 13.1. The number of nitrogens with zero attached hydrogens (tertiary/aromatic N) is 2. The maximum Gasteiger partial charge on any atom is 0.126 e. The molecule has 4 nitrogen and oxygen atoms in total. The Labute approximate surface area is 123 Å². The molecule has 1 unspecified atom stereocenters. The van der Waals surface area contributed by atoms with Gasteiger partial charge in [-0.15, -0.1) is 0 Å². The molecule has 1 aromatic heterocycles. The number of phenols is 1. The highest BCUT2D eigenvalue weighted by atomic mass is 16.3. The van der Waals surface area contributed by atoms with Gasteiger partial charge < -0.3 is 15.4 Å². The third kappa shape index (κ3) is 2.50. The van der Waals surface area contributed by atoms with Crippen molar-refractivity contribution >= 4 is 11.0 Å². The van der Waals surface area contributed by atoms with Gasteiger partial charge in [-0.25, -0.2) is 4.98 Å². The maximum absolute atomic E-state index is 9.33. The summed E-state index contributed by atoms with van der Waals surface area (Å²) in [5.41, 5.74) is 10.7. The minimum absolute atomic E-state index is 0.175. The number of para-hydroxylation sites is 1. The lowest BCUT2D eigenvalue weighted by atomic mass is 10.1. The van der Waals surface area contributed by atoms with Gasteiger partial charge in [0.25, 0.3) is 0 Å². The molecule has 2 aromatic carbocycles. The van der Waals surface area contributed by atoms with E-state index in [1.54, 1.807) is 12.1 Å². The molecule has 0 amide bonds. The van der Waals surface area contributed by atoms with Gasteiger partial charge in [-0.3, -0.25) is 0 Å². The van der Waals surface area contributed by atoms with Crippen molar-refractivity contribution in [3.63, 3.8) is 0 Å². The fraction of sp³-hybridized carbons (Fsp3) is 0.235. The molecule has 0 aliphatic rings. The smallest absolute Gasteiger partial charge is 0.126 e. The van der Waals surface area contributed by atoms with Crippen molar-refractivity contribution in [2.24, 2.45) is 12.8 Å². The third-order valence-corrected chi connectivity index (χ3v) is 3.85. The molecular formula is C17H19N3O. The van der Waals surface area contributed by atoms with Crippen LogP contribution in [0.4, 0.5) is 0 Å². The number of hydrogen-bond donors (Lipinski definition) is 2. The highest BCUT2D eigenvalue weighted by Crippen LogP contribution is 2.23. The van der Waals surface area contributed by atoms with Crippen molar-refractivity contribution in [3.05, 3.63) is 59.4 Å². The maximum atomic E-state index is 9.33. The van der Waals surface area contributed by atoms with E-state index in [-0.39, 0.29) is 11.8 Å². The number of phenolic OH excluding ortho intramolecular Hbond substituents is 1. The van der Waals surface area contributed by atoms with Crippen LogP contribution < -0.4 is 5.73 Å². The highest BCUT2D eigenvalue weighted by Gasteiger charge is 2.16. The van der Waals surface area contributed by atoms with E-state index >= 15 is 0 Å². The number of aryl methyl sites for hydroxylation is 2. The molecule has 0 saturated heterocycles. The Morgan fingerprint density at radius 3 is 2.57 bits per heavy atom. The molecule has 0 aliphatic carbocycles. The van der Waals surface area contributed by atoms with Crippen LogP contribution in [-0.2, 0) is 13.5 Å². The predicted octanol–water partition coefficient (Wildman–Crippen LogP) is 2.83. The zero-order valence-corrected chi connectivity index (χ0v) is 12.2. The molecular weight excluding hydrogens is 262 g/mol. The number of benzene rings is 2. The Hall–Kier alpha value is -2.33. The molecule has 21 heavy (non-hydrogen) atoms. The molecule has 0 radical (unpaired) electrons. The Bertz CT molecular complexity index is 775. The number of imidazole rings is 1. The first-order chi connectivity index (χ1) is 10.1. The molecule has 108 valence electrons. The molecule has 3 aromatic rings. The van der Waals surface area contributed by atoms with E-state index in [4.69, 9.17) is 5.73 Å². The van der Waals surface area contributed by atoms with Crippen LogP contribution in [-0.4, -0.2) is 14.7 Å². The van der Waals surface area contributed by atoms with Crippen LogP contribution in [0.15, 0.2) is 42.5 Å². The van der Waals surface area contributed by atoms with Gasteiger partial charge in [-0.1, -0.05) is 24.3 Å². The van der Waals surface area contributed by atoms with Crippen LogP contribution >= 0.6 is 0 Å². The topological polar surface area (TPSA) is 64.1 Å². The summed E-state index contributed by atoms with van der Waals surface area (Å²) >= 11 is 0. The van der Waals surface area contributed by atoms with Crippen LogP contribution in [0.1, 0.15) is 23.0 Å². The molecule has 1 atom stereocenters. The van der Waals surface area contributed by atoms with Gasteiger partial charge in [0.05, 0.1) is 17.1 Å². The van der Waals surface area contributed by atoms with E-state index in [2.05, 4.69) is 22.5 Å². The second kappa shape index (κ2) is 5.22. The number of fused-ring (bicyclic) bond motifs is 1. The largest absolute Gasteiger partial charge is 0.508 e. The lowest BCUT2D eigenvalue weighted by Crippen LogP contribution is -2.17. The van der Waals surface area contributed by atoms with Crippen LogP contribution in [0.5, 0.6) is 5.75 Å². The van der Waals surface area contributed by atoms with Crippen LogP contribution in [0.25, 0.3) is 11.0 Å². The molecule has 1 heterocycles. The number of aromatic nitrogens is 2. The SMILES string of the molecule is Cc1cccc2nc(C(N)Cc3ccc(O)cc3)n(C)c12. The molecule has 4 heteroatoms. The first-order valence-corrected chi connectivity index (χ1v) is 7.01. The summed E-state index contributed by atoms with van der Waals surface area (Å²) in [5.74, 6) is 1.15. The van der Waals surface area contributed by atoms with E-state index in [0.717, 1.165) is 22.4 Å². The fourth-order valence-electron chi connectivity index (χ4n) is 2.79. The Balaban J connectivity index is 1.94. The molecule has 3 rings (SSSR count). The van der Waals surface area contributed by atoms with Gasteiger partial charge in [-0.05, 0) is 42.7 Å². The summed E-state index contributed by atoms with van der Waals surface area (Å²) in [6.07, 6.45) is 0.691. The van der Waals surface area contributed by atoms with Crippen LogP contribution in [0.2, 0.25) is 0 Å². The lowest BCUT2D eigenvalue weighted by molar-refractivity contribution is 0.475. The third-order valence-electron chi connectivity index (χ3n) is 3.85. The molecule has 0 aliphatic heterocycles. The second-order valence-electron chi connectivity index (χ2n) is 5.45. The molecule has 3 N–H and O–H groups in total. The predicted molar refractivity (Wildman–Crippen MR) is 84.2 cm³/mol. The number of hydrogen-bond acceptors (Lipinski definition) is 3. The van der Waals surface area contributed by atoms with Crippen molar-refractivity contribution in [2.45, 2.75) is 19.4 Å². The van der Waals surface area contributed by atoms with E-state index in [0.29, 0.717) is 6.42 Å². The van der Waals surface area contributed by atoms with E-state index in [1.807, 2.05) is 31.3 Å². The Kier molecular flexibility index (Phi) is 3.39. The lowest BCUT2D eigenvalue weighted by Gasteiger charge is -2.12. The molecule has 0 spiro atoms. The van der Waals surface area contributed by atoms with Crippen LogP contribution in [0, 0.1) is 6.92 Å². The van der Waals surface area contributed by atoms with Gasteiger partial charge in [0.1, 0.15) is 11.6 Å². The molecule has 0 saturated carbocycles. The van der Waals surface area contributed by atoms with Crippen molar-refractivity contribution in [1.82, 2.24) is 9.55 Å². The Morgan fingerprint density at radius 2 is 1.90 bits per heavy atom. The van der Waals surface area contributed by atoms with Crippen molar-refractivity contribution < 1.29 is 5.11 Å². The van der Waals surface area contributed by atoms with Crippen molar-refractivity contribution in [1.29, 1.82) is 0 Å². The number of aromatic hydroxyl groups is 1. The van der Waals surface area contributed by atoms with Crippen molar-refractivity contribution in [3.8, 4) is 5.75 Å². The summed E-state index contributed by atoms with van der Waals surface area (Å²) in [7, 11) is 2.01. The Morgan fingerprint density at radius 1 is 1.19 bits per heavy atom. The summed E-state index contributed by atoms with van der Waals surface area (Å²) < 4.78 is 2.08. The van der Waals surface area contributed by atoms with Crippen LogP contribution in [0.3, 0.4) is 0 Å². The van der Waals surface area contributed by atoms with Gasteiger partial charge in [0.15, 0.2) is 0 Å². The zero-order chi connectivity index (χ0) is 15.0. The van der Waals surface area contributed by atoms with Gasteiger partial charge in [0.2, 0.25) is 0 Å². The summed E-state index contributed by atoms with van der Waals surface area (Å²) in [6.45, 7) is 2.08. The van der Waals surface area contributed by atoms with E-state index < -0.39 is 0 Å². The standard InChI is InChI=1S/C17H19N3O/c1-11-4-3-5-15-16(11)20(2)17(19-15)14(18)10-12-6-8-13(21)9-7-12/h3-9,14,21H,10,18H2,1-2H3. The quantitative estimate of drug-likeness (QED) is 0.776. The fourth-order valence-corrected chi connectivity index (χ4v) is 2.79. The second-order valence-corrected chi connectivity index (χ2v) is 5.45. The number of nitrogens with two attached hydrogens (primary N) is 1. The minimum Gasteiger partial charge on any atom is -0.508 e. The van der Waals surface area contributed by atoms with E-state index in [1.165, 1.54) is 5.56 Å².